The van der Waals surface area contributed by atoms with Crippen LogP contribution in [-0.4, -0.2) is 24.1 Å². The zero-order valence-corrected chi connectivity index (χ0v) is 48.3. The standard InChI is InChI=1S/C78H42N8S2/c1-80-54-21-13-18-49(37-54)51-31-33-60(68(39-51)85-66-27-7-3-23-56(66)62-41-64-58-25-5-9-29-72(58)87-74(64)43-70(62)85)77-82-76(53-20-12-17-48(36-53)47-16-11-15-46(35-47)45-79)83-78(84-77)61-34-32-52(50-19-14-22-55(38-50)81-2)40-69(61)86-67-28-8-4-24-57(67)63-42-65-59-26-6-10-30-73(59)88-75(65)44-71(63)86/h3-44H. The van der Waals surface area contributed by atoms with Crippen LogP contribution in [0.1, 0.15) is 5.56 Å². The predicted octanol–water partition coefficient (Wildman–Crippen LogP) is 21.8. The largest absolute Gasteiger partial charge is 0.308 e. The molecule has 0 aliphatic rings. The molecule has 5 aromatic heterocycles. The number of para-hydroxylation sites is 2. The maximum Gasteiger partial charge on any atom is 0.187 e. The van der Waals surface area contributed by atoms with Crippen LogP contribution in [0.15, 0.2) is 255 Å². The Kier molecular flexibility index (Phi) is 11.6. The Morgan fingerprint density at radius 3 is 1.25 bits per heavy atom. The van der Waals surface area contributed by atoms with Gasteiger partial charge in [0.1, 0.15) is 0 Å². The molecule has 0 saturated heterocycles. The van der Waals surface area contributed by atoms with Crippen molar-refractivity contribution in [2.75, 3.05) is 0 Å². The number of thiophene rings is 2. The van der Waals surface area contributed by atoms with Crippen LogP contribution in [0, 0.1) is 24.5 Å². The van der Waals surface area contributed by atoms with Gasteiger partial charge in [-0.3, -0.25) is 0 Å². The van der Waals surface area contributed by atoms with Crippen molar-refractivity contribution in [3.63, 3.8) is 0 Å². The van der Waals surface area contributed by atoms with E-state index in [-0.39, 0.29) is 0 Å². The molecule has 5 heterocycles. The molecule has 406 valence electrons. The fourth-order valence-corrected chi connectivity index (χ4v) is 15.2. The molecule has 0 saturated carbocycles. The number of rotatable bonds is 8. The first kappa shape index (κ1) is 50.7. The molecular weight excluding hydrogens is 1110 g/mol. The van der Waals surface area contributed by atoms with Crippen molar-refractivity contribution in [3.05, 3.63) is 283 Å². The lowest BCUT2D eigenvalue weighted by Gasteiger charge is -2.18. The lowest BCUT2D eigenvalue weighted by molar-refractivity contribution is 1.06. The summed E-state index contributed by atoms with van der Waals surface area (Å²) >= 11 is 3.59. The SMILES string of the molecule is [C-]#[N+]c1cccc(-c2ccc(-c3nc(-c4cccc(-c5cccc(C#N)c5)c4)nc(-c4ccc(-c5cccc([N+]#[C-])c5)cc4-n4c5ccccc5c5cc6c(cc54)sc4ccccc46)n3)c(-n3c4ccccc4c4cc5c(cc43)sc3ccccc35)c2)c1. The lowest BCUT2D eigenvalue weighted by Crippen LogP contribution is -2.06. The molecule has 17 aromatic rings. The molecule has 88 heavy (non-hydrogen) atoms. The Bertz CT molecular complexity index is 5650. The van der Waals surface area contributed by atoms with Crippen LogP contribution in [0.4, 0.5) is 11.4 Å². The van der Waals surface area contributed by atoms with Gasteiger partial charge < -0.3 is 9.13 Å². The van der Waals surface area contributed by atoms with Gasteiger partial charge in [-0.1, -0.05) is 152 Å². The summed E-state index contributed by atoms with van der Waals surface area (Å²) in [5.41, 5.74) is 15.3. The highest BCUT2D eigenvalue weighted by molar-refractivity contribution is 7.26. The van der Waals surface area contributed by atoms with Gasteiger partial charge in [0, 0.05) is 78.6 Å². The van der Waals surface area contributed by atoms with E-state index >= 15 is 0 Å². The van der Waals surface area contributed by atoms with Gasteiger partial charge in [-0.25, -0.2) is 24.6 Å². The maximum atomic E-state index is 10.00. The van der Waals surface area contributed by atoms with E-state index in [2.05, 4.69) is 201 Å². The monoisotopic (exact) mass is 1150 g/mol. The van der Waals surface area contributed by atoms with Gasteiger partial charge in [0.25, 0.3) is 0 Å². The molecule has 0 amide bonds. The second kappa shape index (κ2) is 20.2. The summed E-state index contributed by atoms with van der Waals surface area (Å²) in [7, 11) is 0. The zero-order valence-electron chi connectivity index (χ0n) is 46.6. The van der Waals surface area contributed by atoms with Crippen molar-refractivity contribution >= 4 is 118 Å². The van der Waals surface area contributed by atoms with E-state index in [9.17, 15) is 5.26 Å². The second-order valence-electron chi connectivity index (χ2n) is 22.0. The Balaban J connectivity index is 0.974. The van der Waals surface area contributed by atoms with E-state index in [0.29, 0.717) is 34.4 Å². The molecule has 0 aliphatic heterocycles. The van der Waals surface area contributed by atoms with Gasteiger partial charge in [-0.15, -0.1) is 22.7 Å². The number of benzene rings is 12. The van der Waals surface area contributed by atoms with Gasteiger partial charge in [-0.2, -0.15) is 5.26 Å². The third-order valence-electron chi connectivity index (χ3n) is 17.0. The Morgan fingerprint density at radius 2 is 0.739 bits per heavy atom. The first-order chi connectivity index (χ1) is 43.4. The molecule has 12 aromatic carbocycles. The Hall–Kier alpha value is -11.8. The van der Waals surface area contributed by atoms with Crippen molar-refractivity contribution in [2.45, 2.75) is 0 Å². The first-order valence-electron chi connectivity index (χ1n) is 28.7. The molecule has 0 spiro atoms. The van der Waals surface area contributed by atoms with Crippen LogP contribution in [0.5, 0.6) is 0 Å². The van der Waals surface area contributed by atoms with Gasteiger partial charge >= 0.3 is 0 Å². The molecule has 10 heteroatoms. The molecule has 0 radical (unpaired) electrons. The smallest absolute Gasteiger partial charge is 0.187 e. The fourth-order valence-electron chi connectivity index (χ4n) is 12.9. The van der Waals surface area contributed by atoms with Gasteiger partial charge in [0.15, 0.2) is 28.8 Å². The first-order valence-corrected chi connectivity index (χ1v) is 30.4. The van der Waals surface area contributed by atoms with Crippen LogP contribution in [0.25, 0.3) is 173 Å². The normalized spacial score (nSPS) is 11.6. The maximum absolute atomic E-state index is 10.00. The summed E-state index contributed by atoms with van der Waals surface area (Å²) in [6.07, 6.45) is 0. The third kappa shape index (κ3) is 8.19. The molecule has 0 aliphatic carbocycles. The zero-order chi connectivity index (χ0) is 58.6. The fraction of sp³-hybridized carbons (Fsp3) is 0. The molecule has 0 bridgehead atoms. The van der Waals surface area contributed by atoms with E-state index in [4.69, 9.17) is 28.1 Å². The number of fused-ring (bicyclic) bond motifs is 12. The summed E-state index contributed by atoms with van der Waals surface area (Å²) < 4.78 is 9.55. The third-order valence-corrected chi connectivity index (χ3v) is 19.3. The minimum atomic E-state index is 0.455. The van der Waals surface area contributed by atoms with E-state index in [0.717, 1.165) is 105 Å². The Morgan fingerprint density at radius 1 is 0.318 bits per heavy atom. The average molecular weight is 1160 g/mol. The van der Waals surface area contributed by atoms with E-state index in [1.54, 1.807) is 22.7 Å². The quantitative estimate of drug-likeness (QED) is 0.142. The van der Waals surface area contributed by atoms with Crippen LogP contribution < -0.4 is 0 Å². The number of nitriles is 1. The molecule has 17 rings (SSSR count). The van der Waals surface area contributed by atoms with Crippen LogP contribution in [-0.2, 0) is 0 Å². The molecular formula is C78H42N8S2. The van der Waals surface area contributed by atoms with E-state index in [1.807, 2.05) is 78.9 Å². The van der Waals surface area contributed by atoms with Crippen LogP contribution in [0.3, 0.4) is 0 Å². The number of hydrogen-bond donors (Lipinski definition) is 0. The topological polar surface area (TPSA) is 81.0 Å². The van der Waals surface area contributed by atoms with Crippen molar-refractivity contribution < 1.29 is 0 Å². The minimum Gasteiger partial charge on any atom is -0.308 e. The summed E-state index contributed by atoms with van der Waals surface area (Å²) in [5.74, 6) is 1.37. The highest BCUT2D eigenvalue weighted by Gasteiger charge is 2.25. The minimum absolute atomic E-state index is 0.455. The van der Waals surface area contributed by atoms with Crippen LogP contribution in [0.2, 0.25) is 0 Å². The van der Waals surface area contributed by atoms with Crippen molar-refractivity contribution in [1.82, 2.24) is 24.1 Å². The molecule has 0 fully saturated rings. The lowest BCUT2D eigenvalue weighted by atomic mass is 9.99. The highest BCUT2D eigenvalue weighted by atomic mass is 32.1. The van der Waals surface area contributed by atoms with Crippen molar-refractivity contribution in [1.29, 1.82) is 5.26 Å². The average Bonchev–Trinajstić information content (AvgIpc) is 1.71. The summed E-state index contributed by atoms with van der Waals surface area (Å²) in [5, 5.41) is 19.4. The summed E-state index contributed by atoms with van der Waals surface area (Å²) in [4.78, 5) is 24.6. The van der Waals surface area contributed by atoms with E-state index < -0.39 is 0 Å². The number of aromatic nitrogens is 5. The van der Waals surface area contributed by atoms with Crippen molar-refractivity contribution in [3.8, 4) is 85.0 Å². The second-order valence-corrected chi connectivity index (χ2v) is 24.2. The van der Waals surface area contributed by atoms with Gasteiger partial charge in [0.05, 0.1) is 58.2 Å². The van der Waals surface area contributed by atoms with Gasteiger partial charge in [0.2, 0.25) is 0 Å². The van der Waals surface area contributed by atoms with E-state index in [1.165, 1.54) is 40.3 Å². The number of hydrogen-bond acceptors (Lipinski definition) is 6. The molecule has 0 unspecified atom stereocenters. The molecule has 0 N–H and O–H groups in total. The Labute approximate surface area is 512 Å². The van der Waals surface area contributed by atoms with Crippen LogP contribution >= 0.6 is 22.7 Å². The highest BCUT2D eigenvalue weighted by Crippen LogP contribution is 2.46. The molecule has 8 nitrogen and oxygen atoms in total. The summed E-state index contributed by atoms with van der Waals surface area (Å²) in [6.45, 7) is 16.0. The van der Waals surface area contributed by atoms with Crippen molar-refractivity contribution in [2.24, 2.45) is 0 Å². The molecule has 0 atom stereocenters. The predicted molar refractivity (Wildman–Crippen MR) is 364 cm³/mol. The number of nitrogens with zero attached hydrogens (tertiary/aromatic N) is 8. The summed E-state index contributed by atoms with van der Waals surface area (Å²) in [6, 6.07) is 90.5. The van der Waals surface area contributed by atoms with Gasteiger partial charge in [-0.05, 0) is 137 Å².